The molecular weight excluding hydrogens is 300 g/mol. The number of carbonyl (C=O) groups excluding carboxylic acids is 1. The van der Waals surface area contributed by atoms with Crippen molar-refractivity contribution in [1.29, 1.82) is 0 Å². The zero-order valence-electron chi connectivity index (χ0n) is 13.0. The number of hydrogen-bond donors (Lipinski definition) is 1. The molecule has 0 spiro atoms. The molecule has 0 bridgehead atoms. The lowest BCUT2D eigenvalue weighted by Crippen LogP contribution is -2.23. The Balaban J connectivity index is 0.00000242. The van der Waals surface area contributed by atoms with Crippen molar-refractivity contribution in [2.24, 2.45) is 0 Å². The molecule has 1 amide bonds. The van der Waals surface area contributed by atoms with Gasteiger partial charge >= 0.3 is 0 Å². The molecule has 0 aliphatic heterocycles. The normalized spacial score (nSPS) is 10.0. The van der Waals surface area contributed by atoms with Gasteiger partial charge < -0.3 is 10.1 Å². The maximum Gasteiger partial charge on any atom is 0.253 e. The van der Waals surface area contributed by atoms with Gasteiger partial charge in [-0.15, -0.1) is 12.4 Å². The minimum Gasteiger partial charge on any atom is -0.496 e. The molecule has 0 atom stereocenters. The van der Waals surface area contributed by atoms with Crippen LogP contribution in [0.4, 0.5) is 0 Å². The number of hydrogen-bond acceptors (Lipinski definition) is 3. The summed E-state index contributed by atoms with van der Waals surface area (Å²) in [6.45, 7) is 4.71. The predicted molar refractivity (Wildman–Crippen MR) is 89.7 cm³/mol. The predicted octanol–water partition coefficient (Wildman–Crippen LogP) is 3.57. The quantitative estimate of drug-likeness (QED) is 0.916. The molecule has 1 N–H and O–H groups in total. The zero-order valence-corrected chi connectivity index (χ0v) is 13.8. The van der Waals surface area contributed by atoms with E-state index in [1.807, 2.05) is 6.07 Å². The summed E-state index contributed by atoms with van der Waals surface area (Å²) >= 11 is 0. The summed E-state index contributed by atoms with van der Waals surface area (Å²) in [7, 11) is 1.64. The Hall–Kier alpha value is -2.07. The molecule has 0 saturated heterocycles. The smallest absolute Gasteiger partial charge is 0.253 e. The van der Waals surface area contributed by atoms with Crippen LogP contribution in [0.5, 0.6) is 5.75 Å². The Morgan fingerprint density at radius 3 is 2.68 bits per heavy atom. The molecule has 0 radical (unpaired) electrons. The maximum absolute atomic E-state index is 12.0. The third kappa shape index (κ3) is 4.46. The van der Waals surface area contributed by atoms with Crippen molar-refractivity contribution in [3.63, 3.8) is 0 Å². The summed E-state index contributed by atoms with van der Waals surface area (Å²) in [6.07, 6.45) is 3.20. The Kier molecular flexibility index (Phi) is 6.86. The van der Waals surface area contributed by atoms with E-state index >= 15 is 0 Å². The molecule has 1 aromatic carbocycles. The number of halogens is 1. The van der Waals surface area contributed by atoms with Gasteiger partial charge in [0.1, 0.15) is 5.75 Å². The van der Waals surface area contributed by atoms with E-state index in [2.05, 4.69) is 36.3 Å². The van der Waals surface area contributed by atoms with Gasteiger partial charge in [-0.3, -0.25) is 9.78 Å². The van der Waals surface area contributed by atoms with E-state index in [1.54, 1.807) is 31.6 Å². The fourth-order valence-electron chi connectivity index (χ4n) is 2.07. The number of benzene rings is 1. The monoisotopic (exact) mass is 320 g/mol. The van der Waals surface area contributed by atoms with Crippen LogP contribution in [0.25, 0.3) is 0 Å². The highest BCUT2D eigenvalue weighted by atomic mass is 35.5. The first-order valence-electron chi connectivity index (χ1n) is 6.97. The molecule has 0 aliphatic carbocycles. The SMILES string of the molecule is COc1ccc(C(C)C)cc1CNC(=O)c1cccnc1.Cl. The van der Waals surface area contributed by atoms with Crippen molar-refractivity contribution in [2.75, 3.05) is 7.11 Å². The third-order valence-corrected chi connectivity index (χ3v) is 3.33. The summed E-state index contributed by atoms with van der Waals surface area (Å²) < 4.78 is 5.35. The highest BCUT2D eigenvalue weighted by Gasteiger charge is 2.09. The van der Waals surface area contributed by atoms with E-state index in [0.29, 0.717) is 18.0 Å². The van der Waals surface area contributed by atoms with Gasteiger partial charge in [0.2, 0.25) is 0 Å². The standard InChI is InChI=1S/C17H20N2O2.ClH/c1-12(2)13-6-7-16(21-3)15(9-13)11-19-17(20)14-5-4-8-18-10-14;/h4-10,12H,11H2,1-3H3,(H,19,20);1H. The van der Waals surface area contributed by atoms with E-state index in [9.17, 15) is 4.79 Å². The molecule has 4 nitrogen and oxygen atoms in total. The second-order valence-corrected chi connectivity index (χ2v) is 5.15. The van der Waals surface area contributed by atoms with Crippen molar-refractivity contribution in [3.8, 4) is 5.75 Å². The number of pyridine rings is 1. The number of aromatic nitrogens is 1. The van der Waals surface area contributed by atoms with Crippen LogP contribution in [0.1, 0.15) is 41.3 Å². The van der Waals surface area contributed by atoms with Crippen molar-refractivity contribution < 1.29 is 9.53 Å². The number of nitrogens with one attached hydrogen (secondary N) is 1. The van der Waals surface area contributed by atoms with Crippen LogP contribution in [0.15, 0.2) is 42.7 Å². The highest BCUT2D eigenvalue weighted by molar-refractivity contribution is 5.93. The Morgan fingerprint density at radius 2 is 2.09 bits per heavy atom. The number of ether oxygens (including phenoxy) is 1. The zero-order chi connectivity index (χ0) is 15.2. The number of amides is 1. The van der Waals surface area contributed by atoms with Crippen LogP contribution in [-0.4, -0.2) is 18.0 Å². The lowest BCUT2D eigenvalue weighted by Gasteiger charge is -2.13. The number of nitrogens with zero attached hydrogens (tertiary/aromatic N) is 1. The minimum atomic E-state index is -0.139. The number of carbonyl (C=O) groups is 1. The Bertz CT molecular complexity index is 615. The summed E-state index contributed by atoms with van der Waals surface area (Å²) in [6, 6.07) is 9.56. The van der Waals surface area contributed by atoms with Crippen molar-refractivity contribution in [2.45, 2.75) is 26.3 Å². The fraction of sp³-hybridized carbons (Fsp3) is 0.294. The van der Waals surface area contributed by atoms with E-state index in [0.717, 1.165) is 11.3 Å². The Labute approximate surface area is 137 Å². The van der Waals surface area contributed by atoms with Gasteiger partial charge in [-0.2, -0.15) is 0 Å². The van der Waals surface area contributed by atoms with Crippen LogP contribution >= 0.6 is 12.4 Å². The number of methoxy groups -OCH3 is 1. The van der Waals surface area contributed by atoms with Gasteiger partial charge in [-0.25, -0.2) is 0 Å². The first-order chi connectivity index (χ1) is 10.1. The molecule has 118 valence electrons. The van der Waals surface area contributed by atoms with Gasteiger partial charge in [-0.1, -0.05) is 26.0 Å². The van der Waals surface area contributed by atoms with Crippen LogP contribution in [-0.2, 0) is 6.54 Å². The Morgan fingerprint density at radius 1 is 1.32 bits per heavy atom. The third-order valence-electron chi connectivity index (χ3n) is 3.33. The van der Waals surface area contributed by atoms with Crippen LogP contribution < -0.4 is 10.1 Å². The summed E-state index contributed by atoms with van der Waals surface area (Å²) in [5, 5.41) is 2.90. The molecule has 5 heteroatoms. The van der Waals surface area contributed by atoms with Gasteiger partial charge in [-0.05, 0) is 29.7 Å². The summed E-state index contributed by atoms with van der Waals surface area (Å²) in [5.74, 6) is 1.08. The summed E-state index contributed by atoms with van der Waals surface area (Å²) in [4.78, 5) is 16.0. The topological polar surface area (TPSA) is 51.2 Å². The lowest BCUT2D eigenvalue weighted by atomic mass is 10.00. The largest absolute Gasteiger partial charge is 0.496 e. The second kappa shape index (κ2) is 8.39. The highest BCUT2D eigenvalue weighted by Crippen LogP contribution is 2.24. The molecule has 0 aliphatic rings. The van der Waals surface area contributed by atoms with Crippen molar-refractivity contribution in [3.05, 3.63) is 59.4 Å². The number of rotatable bonds is 5. The van der Waals surface area contributed by atoms with Crippen molar-refractivity contribution >= 4 is 18.3 Å². The molecule has 2 rings (SSSR count). The molecule has 1 heterocycles. The first-order valence-corrected chi connectivity index (χ1v) is 6.97. The van der Waals surface area contributed by atoms with Crippen LogP contribution in [0, 0.1) is 0 Å². The average molecular weight is 321 g/mol. The molecule has 0 fully saturated rings. The first kappa shape index (κ1) is 18.0. The molecule has 22 heavy (non-hydrogen) atoms. The molecular formula is C17H21ClN2O2. The van der Waals surface area contributed by atoms with E-state index in [-0.39, 0.29) is 18.3 Å². The second-order valence-electron chi connectivity index (χ2n) is 5.15. The molecule has 2 aromatic rings. The summed E-state index contributed by atoms with van der Waals surface area (Å²) in [5.41, 5.74) is 2.75. The molecule has 0 saturated carbocycles. The van der Waals surface area contributed by atoms with E-state index in [4.69, 9.17) is 4.74 Å². The van der Waals surface area contributed by atoms with Crippen LogP contribution in [0.2, 0.25) is 0 Å². The molecule has 1 aromatic heterocycles. The van der Waals surface area contributed by atoms with E-state index in [1.165, 1.54) is 5.56 Å². The minimum absolute atomic E-state index is 0. The van der Waals surface area contributed by atoms with Gasteiger partial charge in [0, 0.05) is 24.5 Å². The van der Waals surface area contributed by atoms with E-state index < -0.39 is 0 Å². The van der Waals surface area contributed by atoms with Gasteiger partial charge in [0.05, 0.1) is 12.7 Å². The maximum atomic E-state index is 12.0. The van der Waals surface area contributed by atoms with Crippen molar-refractivity contribution in [1.82, 2.24) is 10.3 Å². The molecule has 0 unspecified atom stereocenters. The van der Waals surface area contributed by atoms with Gasteiger partial charge in [0.15, 0.2) is 0 Å². The average Bonchev–Trinajstić information content (AvgIpc) is 2.53. The fourth-order valence-corrected chi connectivity index (χ4v) is 2.07. The van der Waals surface area contributed by atoms with Gasteiger partial charge in [0.25, 0.3) is 5.91 Å². The van der Waals surface area contributed by atoms with Crippen LogP contribution in [0.3, 0.4) is 0 Å². The lowest BCUT2D eigenvalue weighted by molar-refractivity contribution is 0.0950.